The molecule has 0 aliphatic carbocycles. The summed E-state index contributed by atoms with van der Waals surface area (Å²) in [6.07, 6.45) is 4.04. The molecule has 0 saturated carbocycles. The third kappa shape index (κ3) is 3.77. The summed E-state index contributed by atoms with van der Waals surface area (Å²) in [7, 11) is 2.87. The Kier molecular flexibility index (Phi) is 5.06. The van der Waals surface area contributed by atoms with Crippen molar-refractivity contribution in [3.05, 3.63) is 53.9 Å². The number of pyridine rings is 1. The molecule has 1 aliphatic rings. The molecule has 1 aromatic heterocycles. The molecule has 7 heteroatoms. The fourth-order valence-corrected chi connectivity index (χ4v) is 2.61. The summed E-state index contributed by atoms with van der Waals surface area (Å²) < 4.78 is 15.9. The Labute approximate surface area is 151 Å². The zero-order valence-corrected chi connectivity index (χ0v) is 14.9. The molecule has 0 spiro atoms. The van der Waals surface area contributed by atoms with Crippen LogP contribution in [0, 0.1) is 0 Å². The highest BCUT2D eigenvalue weighted by Gasteiger charge is 2.36. The van der Waals surface area contributed by atoms with Gasteiger partial charge in [0.15, 0.2) is 17.1 Å². The number of hydrogen-bond donors (Lipinski definition) is 0. The summed E-state index contributed by atoms with van der Waals surface area (Å²) in [6, 6.07) is 8.66. The van der Waals surface area contributed by atoms with Crippen LogP contribution in [0.25, 0.3) is 0 Å². The molecule has 0 fully saturated rings. The van der Waals surface area contributed by atoms with Crippen molar-refractivity contribution in [1.29, 1.82) is 0 Å². The number of aromatic nitrogens is 1. The van der Waals surface area contributed by atoms with Crippen LogP contribution in [0.4, 0.5) is 0 Å². The highest BCUT2D eigenvalue weighted by atomic mass is 16.7. The lowest BCUT2D eigenvalue weighted by Gasteiger charge is -2.22. The van der Waals surface area contributed by atoms with Crippen molar-refractivity contribution in [1.82, 2.24) is 4.98 Å². The molecule has 3 rings (SSSR count). The summed E-state index contributed by atoms with van der Waals surface area (Å²) in [5, 5.41) is 4.16. The summed E-state index contributed by atoms with van der Waals surface area (Å²) in [5.41, 5.74) is 1.49. The molecular weight excluding hydrogens is 336 g/mol. The second-order valence-electron chi connectivity index (χ2n) is 6.14. The minimum Gasteiger partial charge on any atom is -0.493 e. The predicted molar refractivity (Wildman–Crippen MR) is 94.7 cm³/mol. The van der Waals surface area contributed by atoms with Crippen LogP contribution in [0.3, 0.4) is 0 Å². The van der Waals surface area contributed by atoms with Gasteiger partial charge in [0.05, 0.1) is 25.5 Å². The van der Waals surface area contributed by atoms with E-state index in [4.69, 9.17) is 19.0 Å². The number of carbonyl (C=O) groups is 1. The van der Waals surface area contributed by atoms with Gasteiger partial charge in [-0.05, 0) is 37.3 Å². The maximum Gasteiger partial charge on any atom is 0.337 e. The van der Waals surface area contributed by atoms with Crippen LogP contribution in [-0.4, -0.2) is 43.1 Å². The Bertz CT molecular complexity index is 822. The predicted octanol–water partition coefficient (Wildman–Crippen LogP) is 2.84. The molecule has 0 bridgehead atoms. The molecule has 0 radical (unpaired) electrons. The van der Waals surface area contributed by atoms with E-state index < -0.39 is 11.6 Å². The highest BCUT2D eigenvalue weighted by Crippen LogP contribution is 2.32. The molecule has 26 heavy (non-hydrogen) atoms. The third-order valence-electron chi connectivity index (χ3n) is 4.03. The van der Waals surface area contributed by atoms with E-state index in [0.29, 0.717) is 23.5 Å². The van der Waals surface area contributed by atoms with Gasteiger partial charge >= 0.3 is 5.97 Å². The molecular formula is C19H20N2O5. The molecule has 7 nitrogen and oxygen atoms in total. The van der Waals surface area contributed by atoms with Crippen molar-refractivity contribution in [3.63, 3.8) is 0 Å². The fraction of sp³-hybridized carbons (Fsp3) is 0.316. The zero-order chi connectivity index (χ0) is 18.6. The van der Waals surface area contributed by atoms with Crippen molar-refractivity contribution in [3.8, 4) is 11.5 Å². The first-order valence-electron chi connectivity index (χ1n) is 8.09. The van der Waals surface area contributed by atoms with E-state index in [9.17, 15) is 4.79 Å². The molecule has 1 atom stereocenters. The second kappa shape index (κ2) is 7.43. The van der Waals surface area contributed by atoms with Crippen LogP contribution in [0.2, 0.25) is 0 Å². The van der Waals surface area contributed by atoms with Crippen molar-refractivity contribution in [2.75, 3.05) is 20.8 Å². The van der Waals surface area contributed by atoms with Gasteiger partial charge in [0.2, 0.25) is 0 Å². The van der Waals surface area contributed by atoms with Crippen LogP contribution >= 0.6 is 0 Å². The van der Waals surface area contributed by atoms with Gasteiger partial charge in [-0.3, -0.25) is 4.98 Å². The number of rotatable bonds is 6. The number of carbonyl (C=O) groups excluding carboxylic acids is 1. The normalized spacial score (nSPS) is 18.7. The van der Waals surface area contributed by atoms with Crippen molar-refractivity contribution in [2.24, 2.45) is 5.16 Å². The van der Waals surface area contributed by atoms with E-state index in [1.807, 2.05) is 19.1 Å². The molecule has 2 aromatic rings. The number of nitrogens with zero attached hydrogens (tertiary/aromatic N) is 2. The average Bonchev–Trinajstić information content (AvgIpc) is 3.09. The van der Waals surface area contributed by atoms with Gasteiger partial charge in [0, 0.05) is 24.4 Å². The average molecular weight is 356 g/mol. The maximum atomic E-state index is 11.7. The van der Waals surface area contributed by atoms with E-state index in [2.05, 4.69) is 10.1 Å². The number of methoxy groups -OCH3 is 2. The molecule has 0 N–H and O–H groups in total. The van der Waals surface area contributed by atoms with Crippen LogP contribution in [0.5, 0.6) is 11.5 Å². The monoisotopic (exact) mass is 356 g/mol. The second-order valence-corrected chi connectivity index (χ2v) is 6.14. The smallest absolute Gasteiger partial charge is 0.337 e. The Hall–Kier alpha value is -3.09. The lowest BCUT2D eigenvalue weighted by Crippen LogP contribution is -2.33. The van der Waals surface area contributed by atoms with E-state index in [0.717, 1.165) is 11.3 Å². The number of hydrogen-bond acceptors (Lipinski definition) is 7. The minimum atomic E-state index is -0.628. The number of benzene rings is 1. The number of esters is 1. The Morgan fingerprint density at radius 3 is 2.81 bits per heavy atom. The van der Waals surface area contributed by atoms with Crippen LogP contribution < -0.4 is 9.47 Å². The molecule has 1 unspecified atom stereocenters. The van der Waals surface area contributed by atoms with Gasteiger partial charge in [-0.15, -0.1) is 0 Å². The quantitative estimate of drug-likeness (QED) is 0.741. The number of ether oxygens (including phenoxy) is 3. The van der Waals surface area contributed by atoms with Crippen molar-refractivity contribution >= 4 is 11.7 Å². The molecule has 1 aliphatic heterocycles. The van der Waals surface area contributed by atoms with Crippen LogP contribution in [0.1, 0.15) is 29.3 Å². The van der Waals surface area contributed by atoms with Gasteiger partial charge < -0.3 is 19.0 Å². The van der Waals surface area contributed by atoms with Crippen molar-refractivity contribution in [2.45, 2.75) is 18.9 Å². The van der Waals surface area contributed by atoms with Gasteiger partial charge in [0.1, 0.15) is 6.61 Å². The summed E-state index contributed by atoms with van der Waals surface area (Å²) in [5.74, 6) is 0.519. The van der Waals surface area contributed by atoms with E-state index in [1.165, 1.54) is 14.2 Å². The van der Waals surface area contributed by atoms with Gasteiger partial charge in [-0.1, -0.05) is 5.16 Å². The Balaban J connectivity index is 1.70. The zero-order valence-electron chi connectivity index (χ0n) is 14.9. The van der Waals surface area contributed by atoms with E-state index in [1.54, 1.807) is 30.6 Å². The SMILES string of the molecule is COC(=O)c1ccc(OC)c(OCC2(C)CC(c3cccnc3)=NO2)c1. The molecule has 0 amide bonds. The summed E-state index contributed by atoms with van der Waals surface area (Å²) in [6.45, 7) is 2.15. The molecule has 2 heterocycles. The first-order chi connectivity index (χ1) is 12.5. The Morgan fingerprint density at radius 2 is 2.12 bits per heavy atom. The summed E-state index contributed by atoms with van der Waals surface area (Å²) >= 11 is 0. The van der Waals surface area contributed by atoms with Crippen LogP contribution in [-0.2, 0) is 9.57 Å². The minimum absolute atomic E-state index is 0.237. The Morgan fingerprint density at radius 1 is 1.27 bits per heavy atom. The first-order valence-corrected chi connectivity index (χ1v) is 8.09. The van der Waals surface area contributed by atoms with Crippen LogP contribution in [0.15, 0.2) is 47.9 Å². The summed E-state index contributed by atoms with van der Waals surface area (Å²) in [4.78, 5) is 21.4. The maximum absolute atomic E-state index is 11.7. The molecule has 0 saturated heterocycles. The standard InChI is InChI=1S/C19H20N2O5/c1-19(10-15(21-26-19)14-5-4-8-20-11-14)12-25-17-9-13(18(22)24-3)6-7-16(17)23-2/h4-9,11H,10,12H2,1-3H3. The van der Waals surface area contributed by atoms with Gasteiger partial charge in [-0.2, -0.15) is 0 Å². The molecule has 136 valence electrons. The lowest BCUT2D eigenvalue weighted by atomic mass is 9.97. The first kappa shape index (κ1) is 17.7. The van der Waals surface area contributed by atoms with Gasteiger partial charge in [-0.25, -0.2) is 4.79 Å². The van der Waals surface area contributed by atoms with Gasteiger partial charge in [0.25, 0.3) is 0 Å². The highest BCUT2D eigenvalue weighted by molar-refractivity contribution is 6.01. The topological polar surface area (TPSA) is 79.2 Å². The van der Waals surface area contributed by atoms with E-state index >= 15 is 0 Å². The van der Waals surface area contributed by atoms with Crippen molar-refractivity contribution < 1.29 is 23.8 Å². The molecule has 1 aromatic carbocycles. The third-order valence-corrected chi connectivity index (χ3v) is 4.03. The van der Waals surface area contributed by atoms with E-state index in [-0.39, 0.29) is 6.61 Å². The largest absolute Gasteiger partial charge is 0.493 e. The fourth-order valence-electron chi connectivity index (χ4n) is 2.61. The number of oxime groups is 1. The lowest BCUT2D eigenvalue weighted by molar-refractivity contribution is -0.0361.